The summed E-state index contributed by atoms with van der Waals surface area (Å²) in [5.41, 5.74) is 2.34. The highest BCUT2D eigenvalue weighted by Crippen LogP contribution is 2.25. The Labute approximate surface area is 171 Å². The van der Waals surface area contributed by atoms with Crippen LogP contribution in [0, 0.1) is 6.92 Å². The van der Waals surface area contributed by atoms with E-state index in [1.165, 1.54) is 0 Å². The summed E-state index contributed by atoms with van der Waals surface area (Å²) in [5, 5.41) is 6.03. The van der Waals surface area contributed by atoms with Crippen molar-refractivity contribution in [2.24, 2.45) is 4.99 Å². The number of nitrogens with zero attached hydrogens (tertiary/aromatic N) is 1. The Balaban J connectivity index is 1.79. The number of carbonyl (C=O) groups excluding carboxylic acids is 1. The molecule has 2 N–H and O–H groups in total. The maximum Gasteiger partial charge on any atom is 0.257 e. The van der Waals surface area contributed by atoms with Gasteiger partial charge in [-0.2, -0.15) is 0 Å². The fourth-order valence-electron chi connectivity index (χ4n) is 2.99. The molecule has 0 radical (unpaired) electrons. The van der Waals surface area contributed by atoms with E-state index in [9.17, 15) is 4.79 Å². The van der Waals surface area contributed by atoms with E-state index in [2.05, 4.69) is 15.6 Å². The molecule has 0 aliphatic carbocycles. The molecule has 1 saturated heterocycles. The number of rotatable bonds is 6. The summed E-state index contributed by atoms with van der Waals surface area (Å²) in [6.45, 7) is 3.21. The topological polar surface area (TPSA) is 81.2 Å². The van der Waals surface area contributed by atoms with E-state index < -0.39 is 0 Å². The van der Waals surface area contributed by atoms with E-state index in [0.717, 1.165) is 25.0 Å². The van der Waals surface area contributed by atoms with E-state index in [0.29, 0.717) is 35.3 Å². The molecule has 0 aromatic heterocycles. The maximum atomic E-state index is 12.7. The lowest BCUT2D eigenvalue weighted by Gasteiger charge is -2.15. The van der Waals surface area contributed by atoms with Crippen molar-refractivity contribution >= 4 is 17.6 Å². The number of carbonyl (C=O) groups is 1. The second-order valence-corrected chi connectivity index (χ2v) is 6.87. The molecule has 7 heteroatoms. The van der Waals surface area contributed by atoms with E-state index in [1.54, 1.807) is 32.4 Å². The van der Waals surface area contributed by atoms with Gasteiger partial charge in [-0.1, -0.05) is 17.7 Å². The number of aliphatic imine (C=N–C) groups is 1. The van der Waals surface area contributed by atoms with Crippen molar-refractivity contribution in [1.29, 1.82) is 0 Å². The Hall–Kier alpha value is -3.06. The minimum Gasteiger partial charge on any atom is -0.497 e. The van der Waals surface area contributed by atoms with Gasteiger partial charge in [0.2, 0.25) is 5.96 Å². The third-order valence-electron chi connectivity index (χ3n) is 4.64. The van der Waals surface area contributed by atoms with Crippen LogP contribution in [-0.4, -0.2) is 45.3 Å². The summed E-state index contributed by atoms with van der Waals surface area (Å²) in [6, 6.07) is 12.8. The molecule has 2 aromatic carbocycles. The molecular formula is C22H27N3O4. The molecule has 2 aromatic rings. The molecule has 7 nitrogen and oxygen atoms in total. The summed E-state index contributed by atoms with van der Waals surface area (Å²) in [6.07, 6.45) is 2.07. The van der Waals surface area contributed by atoms with Crippen molar-refractivity contribution in [1.82, 2.24) is 5.32 Å². The minimum atomic E-state index is -0.238. The van der Waals surface area contributed by atoms with Gasteiger partial charge in [-0.15, -0.1) is 0 Å². The number of ether oxygens (including phenoxy) is 3. The summed E-state index contributed by atoms with van der Waals surface area (Å²) >= 11 is 0. The fourth-order valence-corrected chi connectivity index (χ4v) is 2.99. The van der Waals surface area contributed by atoms with Crippen LogP contribution < -0.4 is 20.1 Å². The Morgan fingerprint density at radius 2 is 1.83 bits per heavy atom. The molecule has 154 valence electrons. The quantitative estimate of drug-likeness (QED) is 0.577. The fraction of sp³-hybridized carbons (Fsp3) is 0.364. The van der Waals surface area contributed by atoms with Gasteiger partial charge in [-0.05, 0) is 31.9 Å². The zero-order valence-corrected chi connectivity index (χ0v) is 17.0. The average Bonchev–Trinajstić information content (AvgIpc) is 3.25. The van der Waals surface area contributed by atoms with Gasteiger partial charge in [0.05, 0.1) is 26.9 Å². The highest BCUT2D eigenvalue weighted by atomic mass is 16.5. The molecular weight excluding hydrogens is 370 g/mol. The number of nitrogens with one attached hydrogen (secondary N) is 2. The normalized spacial score (nSPS) is 16.4. The van der Waals surface area contributed by atoms with Crippen LogP contribution in [0.15, 0.2) is 47.5 Å². The first kappa shape index (κ1) is 20.7. The molecule has 0 saturated carbocycles. The zero-order chi connectivity index (χ0) is 20.6. The van der Waals surface area contributed by atoms with Gasteiger partial charge in [0.15, 0.2) is 0 Å². The largest absolute Gasteiger partial charge is 0.497 e. The first-order valence-electron chi connectivity index (χ1n) is 9.61. The summed E-state index contributed by atoms with van der Waals surface area (Å²) in [7, 11) is 3.17. The van der Waals surface area contributed by atoms with Crippen LogP contribution in [-0.2, 0) is 4.74 Å². The Morgan fingerprint density at radius 3 is 2.41 bits per heavy atom. The first-order valence-corrected chi connectivity index (χ1v) is 9.61. The van der Waals surface area contributed by atoms with E-state index in [1.807, 2.05) is 31.2 Å². The van der Waals surface area contributed by atoms with Gasteiger partial charge >= 0.3 is 0 Å². The summed E-state index contributed by atoms with van der Waals surface area (Å²) in [5.74, 6) is 1.38. The monoisotopic (exact) mass is 397 g/mol. The second kappa shape index (κ2) is 9.93. The third-order valence-corrected chi connectivity index (χ3v) is 4.64. The maximum absolute atomic E-state index is 12.7. The summed E-state index contributed by atoms with van der Waals surface area (Å²) < 4.78 is 16.3. The number of hydrogen-bond donors (Lipinski definition) is 2. The van der Waals surface area contributed by atoms with Gasteiger partial charge < -0.3 is 19.5 Å². The molecule has 0 bridgehead atoms. The first-order chi connectivity index (χ1) is 14.1. The van der Waals surface area contributed by atoms with Crippen molar-refractivity contribution in [3.05, 3.63) is 53.6 Å². The zero-order valence-electron chi connectivity index (χ0n) is 17.0. The average molecular weight is 397 g/mol. The van der Waals surface area contributed by atoms with Crippen LogP contribution in [0.25, 0.3) is 0 Å². The lowest BCUT2D eigenvalue weighted by molar-refractivity contribution is 0.0975. The van der Waals surface area contributed by atoms with Gasteiger partial charge in [-0.25, -0.2) is 4.99 Å². The van der Waals surface area contributed by atoms with Crippen molar-refractivity contribution < 1.29 is 19.0 Å². The number of guanidine groups is 1. The molecule has 1 fully saturated rings. The standard InChI is InChI=1S/C22H27N3O4/c1-15-6-8-16(9-7-15)21(26)25-22(23-14-18-5-4-10-29-18)24-17-11-19(27-2)13-20(12-17)28-3/h6-9,11-13,18H,4-5,10,14H2,1-3H3,(H2,23,24,25,26)/t18-/m0/s1. The molecule has 1 aliphatic rings. The molecule has 1 aliphatic heterocycles. The molecule has 29 heavy (non-hydrogen) atoms. The van der Waals surface area contributed by atoms with Crippen molar-refractivity contribution in [3.63, 3.8) is 0 Å². The van der Waals surface area contributed by atoms with Crippen LogP contribution in [0.2, 0.25) is 0 Å². The lowest BCUT2D eigenvalue weighted by Crippen LogP contribution is -2.36. The van der Waals surface area contributed by atoms with Crippen LogP contribution in [0.5, 0.6) is 11.5 Å². The Bertz CT molecular complexity index is 837. The summed E-state index contributed by atoms with van der Waals surface area (Å²) in [4.78, 5) is 17.2. The van der Waals surface area contributed by atoms with Crippen molar-refractivity contribution in [2.45, 2.75) is 25.9 Å². The molecule has 0 spiro atoms. The number of methoxy groups -OCH3 is 2. The second-order valence-electron chi connectivity index (χ2n) is 6.87. The third kappa shape index (κ3) is 5.96. The SMILES string of the molecule is COc1cc(NC(=NC[C@@H]2CCCO2)NC(=O)c2ccc(C)cc2)cc(OC)c1. The molecule has 1 atom stereocenters. The van der Waals surface area contributed by atoms with Crippen molar-refractivity contribution in [2.75, 3.05) is 32.7 Å². The number of hydrogen-bond acceptors (Lipinski definition) is 5. The molecule has 0 unspecified atom stereocenters. The van der Waals surface area contributed by atoms with Gasteiger partial charge in [0, 0.05) is 36.1 Å². The number of benzene rings is 2. The van der Waals surface area contributed by atoms with E-state index in [-0.39, 0.29) is 12.0 Å². The minimum absolute atomic E-state index is 0.0722. The molecule has 1 amide bonds. The smallest absolute Gasteiger partial charge is 0.257 e. The predicted octanol–water partition coefficient (Wildman–Crippen LogP) is 3.39. The van der Waals surface area contributed by atoms with E-state index in [4.69, 9.17) is 14.2 Å². The van der Waals surface area contributed by atoms with E-state index >= 15 is 0 Å². The number of amides is 1. The Morgan fingerprint density at radius 1 is 1.14 bits per heavy atom. The van der Waals surface area contributed by atoms with Crippen LogP contribution in [0.3, 0.4) is 0 Å². The van der Waals surface area contributed by atoms with Gasteiger partial charge in [-0.3, -0.25) is 10.1 Å². The van der Waals surface area contributed by atoms with Crippen LogP contribution >= 0.6 is 0 Å². The lowest BCUT2D eigenvalue weighted by atomic mass is 10.1. The number of aryl methyl sites for hydroxylation is 1. The highest BCUT2D eigenvalue weighted by Gasteiger charge is 2.16. The number of anilines is 1. The Kier molecular flexibility index (Phi) is 7.08. The molecule has 1 heterocycles. The van der Waals surface area contributed by atoms with Gasteiger partial charge in [0.25, 0.3) is 5.91 Å². The highest BCUT2D eigenvalue weighted by molar-refractivity contribution is 6.10. The van der Waals surface area contributed by atoms with Crippen molar-refractivity contribution in [3.8, 4) is 11.5 Å². The molecule has 3 rings (SSSR count). The predicted molar refractivity (Wildman–Crippen MR) is 113 cm³/mol. The van der Waals surface area contributed by atoms with Gasteiger partial charge in [0.1, 0.15) is 11.5 Å². The van der Waals surface area contributed by atoms with Crippen LogP contribution in [0.4, 0.5) is 5.69 Å². The van der Waals surface area contributed by atoms with Crippen LogP contribution in [0.1, 0.15) is 28.8 Å².